The summed E-state index contributed by atoms with van der Waals surface area (Å²) in [5.74, 6) is -1.27. The van der Waals surface area contributed by atoms with E-state index >= 15 is 0 Å². The highest BCUT2D eigenvalue weighted by Crippen LogP contribution is 2.33. The number of rotatable bonds is 4. The molecule has 0 unspecified atom stereocenters. The first-order valence-corrected chi connectivity index (χ1v) is 11.2. The molecule has 0 N–H and O–H groups in total. The van der Waals surface area contributed by atoms with Crippen LogP contribution in [0.3, 0.4) is 0 Å². The zero-order valence-electron chi connectivity index (χ0n) is 18.7. The Morgan fingerprint density at radius 2 is 1.76 bits per heavy atom. The Kier molecular flexibility index (Phi) is 5.85. The van der Waals surface area contributed by atoms with Gasteiger partial charge in [-0.3, -0.25) is 4.79 Å². The molecular weight excluding hydrogens is 445 g/mol. The summed E-state index contributed by atoms with van der Waals surface area (Å²) in [6.07, 6.45) is 2.55. The van der Waals surface area contributed by atoms with E-state index in [4.69, 9.17) is 9.72 Å². The molecular formula is C25H23F3N4O2. The van der Waals surface area contributed by atoms with E-state index in [0.717, 1.165) is 43.8 Å². The van der Waals surface area contributed by atoms with Gasteiger partial charge in [0.1, 0.15) is 23.2 Å². The van der Waals surface area contributed by atoms with Crippen molar-refractivity contribution in [3.05, 3.63) is 76.2 Å². The minimum atomic E-state index is -0.908. The van der Waals surface area contributed by atoms with Gasteiger partial charge in [0.2, 0.25) is 11.8 Å². The van der Waals surface area contributed by atoms with Crippen LogP contribution in [-0.2, 0) is 13.0 Å². The normalized spacial score (nSPS) is 15.4. The zero-order valence-corrected chi connectivity index (χ0v) is 18.7. The van der Waals surface area contributed by atoms with E-state index in [1.165, 1.54) is 17.0 Å². The Morgan fingerprint density at radius 1 is 0.971 bits per heavy atom. The molecule has 1 fully saturated rings. The summed E-state index contributed by atoms with van der Waals surface area (Å²) in [7, 11) is 0. The zero-order chi connectivity index (χ0) is 23.8. The number of halogens is 3. The molecule has 6 nitrogen and oxygen atoms in total. The number of carbonyl (C=O) groups is 1. The molecule has 2 aliphatic heterocycles. The molecule has 5 rings (SSSR count). The highest BCUT2D eigenvalue weighted by atomic mass is 19.1. The number of aryl methyl sites for hydroxylation is 1. The maximum Gasteiger partial charge on any atom is 0.257 e. The molecule has 1 saturated heterocycles. The third-order valence-corrected chi connectivity index (χ3v) is 6.19. The first-order valence-electron chi connectivity index (χ1n) is 11.2. The van der Waals surface area contributed by atoms with Gasteiger partial charge in [-0.1, -0.05) is 0 Å². The number of hydrogen-bond acceptors (Lipinski definition) is 5. The molecule has 0 bridgehead atoms. The highest BCUT2D eigenvalue weighted by molar-refractivity contribution is 5.94. The van der Waals surface area contributed by atoms with E-state index in [9.17, 15) is 18.0 Å². The van der Waals surface area contributed by atoms with E-state index in [0.29, 0.717) is 41.9 Å². The summed E-state index contributed by atoms with van der Waals surface area (Å²) in [4.78, 5) is 26.0. The maximum absolute atomic E-state index is 14.2. The fourth-order valence-corrected chi connectivity index (χ4v) is 4.31. The van der Waals surface area contributed by atoms with E-state index in [1.54, 1.807) is 13.0 Å². The van der Waals surface area contributed by atoms with Gasteiger partial charge in [0.15, 0.2) is 0 Å². The Labute approximate surface area is 195 Å². The summed E-state index contributed by atoms with van der Waals surface area (Å²) in [6, 6.07) is 7.33. The van der Waals surface area contributed by atoms with Crippen LogP contribution in [0.4, 0.5) is 19.1 Å². The topological polar surface area (TPSA) is 58.6 Å². The van der Waals surface area contributed by atoms with Crippen molar-refractivity contribution in [2.45, 2.75) is 32.7 Å². The Balaban J connectivity index is 1.49. The van der Waals surface area contributed by atoms with E-state index in [-0.39, 0.29) is 23.8 Å². The van der Waals surface area contributed by atoms with E-state index < -0.39 is 17.5 Å². The minimum absolute atomic E-state index is 0.112. The SMILES string of the molecule is Cc1cc(Oc2nc(N3CCCC3)nc3c2CN(C(=O)c2ccc(F)cc2F)CC3)ccc1F. The maximum atomic E-state index is 14.2. The molecule has 34 heavy (non-hydrogen) atoms. The van der Waals surface area contributed by atoms with E-state index in [2.05, 4.69) is 9.88 Å². The van der Waals surface area contributed by atoms with Crippen LogP contribution in [0.5, 0.6) is 11.6 Å². The van der Waals surface area contributed by atoms with Gasteiger partial charge in [0.25, 0.3) is 5.91 Å². The molecule has 1 aromatic heterocycles. The minimum Gasteiger partial charge on any atom is -0.438 e. The van der Waals surface area contributed by atoms with Crippen LogP contribution in [-0.4, -0.2) is 40.4 Å². The molecule has 9 heteroatoms. The second kappa shape index (κ2) is 8.96. The van der Waals surface area contributed by atoms with Crippen molar-refractivity contribution in [2.24, 2.45) is 0 Å². The molecule has 1 amide bonds. The number of hydrogen-bond donors (Lipinski definition) is 0. The summed E-state index contributed by atoms with van der Waals surface area (Å²) in [5, 5.41) is 0. The van der Waals surface area contributed by atoms with Crippen LogP contribution < -0.4 is 9.64 Å². The number of aromatic nitrogens is 2. The lowest BCUT2D eigenvalue weighted by atomic mass is 10.0. The van der Waals surface area contributed by atoms with Gasteiger partial charge in [-0.25, -0.2) is 18.2 Å². The first kappa shape index (κ1) is 22.2. The van der Waals surface area contributed by atoms with Crippen molar-refractivity contribution in [3.63, 3.8) is 0 Å². The van der Waals surface area contributed by atoms with Gasteiger partial charge in [-0.15, -0.1) is 0 Å². The van der Waals surface area contributed by atoms with Gasteiger partial charge < -0.3 is 14.5 Å². The second-order valence-corrected chi connectivity index (χ2v) is 8.56. The number of ether oxygens (including phenoxy) is 1. The fourth-order valence-electron chi connectivity index (χ4n) is 4.31. The molecule has 2 aliphatic rings. The number of carbonyl (C=O) groups excluding carboxylic acids is 1. The summed E-state index contributed by atoms with van der Waals surface area (Å²) in [5.41, 5.74) is 1.61. The monoisotopic (exact) mass is 468 g/mol. The number of anilines is 1. The van der Waals surface area contributed by atoms with Gasteiger partial charge in [0, 0.05) is 32.1 Å². The van der Waals surface area contributed by atoms with Crippen LogP contribution in [0, 0.1) is 24.4 Å². The van der Waals surface area contributed by atoms with Crippen molar-refractivity contribution in [2.75, 3.05) is 24.5 Å². The lowest BCUT2D eigenvalue weighted by Crippen LogP contribution is -2.37. The van der Waals surface area contributed by atoms with Crippen LogP contribution in [0.1, 0.15) is 40.0 Å². The average Bonchev–Trinajstić information content (AvgIpc) is 3.36. The summed E-state index contributed by atoms with van der Waals surface area (Å²) < 4.78 is 47.4. The summed E-state index contributed by atoms with van der Waals surface area (Å²) >= 11 is 0. The molecule has 176 valence electrons. The van der Waals surface area contributed by atoms with Crippen LogP contribution in [0.2, 0.25) is 0 Å². The van der Waals surface area contributed by atoms with Crippen molar-refractivity contribution < 1.29 is 22.7 Å². The average molecular weight is 468 g/mol. The van der Waals surface area contributed by atoms with Gasteiger partial charge in [-0.2, -0.15) is 4.98 Å². The molecule has 2 aromatic carbocycles. The van der Waals surface area contributed by atoms with Gasteiger partial charge in [0.05, 0.1) is 23.4 Å². The predicted molar refractivity (Wildman–Crippen MR) is 119 cm³/mol. The van der Waals surface area contributed by atoms with Gasteiger partial charge in [-0.05, 0) is 55.7 Å². The molecule has 0 aliphatic carbocycles. The lowest BCUT2D eigenvalue weighted by molar-refractivity contribution is 0.0727. The third-order valence-electron chi connectivity index (χ3n) is 6.19. The number of amides is 1. The van der Waals surface area contributed by atoms with Crippen molar-refractivity contribution in [3.8, 4) is 11.6 Å². The number of benzene rings is 2. The van der Waals surface area contributed by atoms with Crippen LogP contribution in [0.15, 0.2) is 36.4 Å². The first-order chi connectivity index (χ1) is 16.4. The lowest BCUT2D eigenvalue weighted by Gasteiger charge is -2.30. The summed E-state index contributed by atoms with van der Waals surface area (Å²) in [6.45, 7) is 3.78. The molecule has 0 spiro atoms. The number of fused-ring (bicyclic) bond motifs is 1. The van der Waals surface area contributed by atoms with Crippen molar-refractivity contribution in [1.82, 2.24) is 14.9 Å². The second-order valence-electron chi connectivity index (χ2n) is 8.56. The van der Waals surface area contributed by atoms with Gasteiger partial charge >= 0.3 is 0 Å². The van der Waals surface area contributed by atoms with Crippen molar-refractivity contribution >= 4 is 11.9 Å². The standard InChI is InChI=1S/C25H23F3N4O2/c1-15-12-17(5-7-20(15)27)34-23-19-14-32(24(33)18-6-4-16(26)13-21(18)28)11-8-22(19)29-25(30-23)31-9-2-3-10-31/h4-7,12-13H,2-3,8-11,14H2,1H3. The van der Waals surface area contributed by atoms with Crippen LogP contribution in [0.25, 0.3) is 0 Å². The molecule has 3 aromatic rings. The van der Waals surface area contributed by atoms with Crippen LogP contribution >= 0.6 is 0 Å². The third kappa shape index (κ3) is 4.30. The number of nitrogens with zero attached hydrogens (tertiary/aromatic N) is 4. The quantitative estimate of drug-likeness (QED) is 0.551. The van der Waals surface area contributed by atoms with Crippen molar-refractivity contribution in [1.29, 1.82) is 0 Å². The fraction of sp³-hybridized carbons (Fsp3) is 0.320. The smallest absolute Gasteiger partial charge is 0.257 e. The highest BCUT2D eigenvalue weighted by Gasteiger charge is 2.30. The largest absolute Gasteiger partial charge is 0.438 e. The predicted octanol–water partition coefficient (Wildman–Crippen LogP) is 4.79. The molecule has 0 atom stereocenters. The Hall–Kier alpha value is -3.62. The molecule has 0 radical (unpaired) electrons. The Bertz CT molecular complexity index is 1260. The Morgan fingerprint density at radius 3 is 2.50 bits per heavy atom. The molecule has 0 saturated carbocycles. The molecule has 3 heterocycles. The van der Waals surface area contributed by atoms with E-state index in [1.807, 2.05) is 0 Å².